The topological polar surface area (TPSA) is 0 Å². The first kappa shape index (κ1) is 15.0. The molecule has 0 bridgehead atoms. The van der Waals surface area contributed by atoms with Gasteiger partial charge in [0, 0.05) is 0 Å². The lowest BCUT2D eigenvalue weighted by atomic mass is 9.86. The molecule has 0 heteroatoms. The van der Waals surface area contributed by atoms with Gasteiger partial charge in [0.25, 0.3) is 0 Å². The third-order valence-corrected chi connectivity index (χ3v) is 4.83. The van der Waals surface area contributed by atoms with E-state index >= 15 is 0 Å². The maximum absolute atomic E-state index is 2.32. The summed E-state index contributed by atoms with van der Waals surface area (Å²) in [5, 5.41) is 5.24. The SMILES string of the molecule is CC(C)(C)c1ccc(-c2ccc3ccc4ccccc4c3c2)cc1. The molecule has 4 aromatic rings. The van der Waals surface area contributed by atoms with E-state index < -0.39 is 0 Å². The van der Waals surface area contributed by atoms with Crippen molar-refractivity contribution in [2.45, 2.75) is 26.2 Å². The van der Waals surface area contributed by atoms with Crippen molar-refractivity contribution in [1.82, 2.24) is 0 Å². The van der Waals surface area contributed by atoms with Gasteiger partial charge in [-0.3, -0.25) is 0 Å². The quantitative estimate of drug-likeness (QED) is 0.333. The lowest BCUT2D eigenvalue weighted by molar-refractivity contribution is 0.590. The molecule has 0 aliphatic heterocycles. The van der Waals surface area contributed by atoms with Crippen molar-refractivity contribution in [3.63, 3.8) is 0 Å². The van der Waals surface area contributed by atoms with E-state index in [-0.39, 0.29) is 5.41 Å². The predicted molar refractivity (Wildman–Crippen MR) is 106 cm³/mol. The lowest BCUT2D eigenvalue weighted by Crippen LogP contribution is -2.10. The van der Waals surface area contributed by atoms with Gasteiger partial charge in [-0.15, -0.1) is 0 Å². The normalized spacial score (nSPS) is 12.0. The fourth-order valence-corrected chi connectivity index (χ4v) is 3.34. The molecule has 4 aromatic carbocycles. The zero-order valence-electron chi connectivity index (χ0n) is 14.5. The molecule has 0 radical (unpaired) electrons. The molecule has 4 rings (SSSR count). The summed E-state index contributed by atoms with van der Waals surface area (Å²) >= 11 is 0. The fourth-order valence-electron chi connectivity index (χ4n) is 3.34. The summed E-state index contributed by atoms with van der Waals surface area (Å²) in [7, 11) is 0. The Kier molecular flexibility index (Phi) is 3.42. The molecule has 0 N–H and O–H groups in total. The second kappa shape index (κ2) is 5.49. The Bertz CT molecular complexity index is 1020. The van der Waals surface area contributed by atoms with Gasteiger partial charge in [0.05, 0.1) is 0 Å². The van der Waals surface area contributed by atoms with Crippen LogP contribution in [0.25, 0.3) is 32.7 Å². The number of hydrogen-bond acceptors (Lipinski definition) is 0. The van der Waals surface area contributed by atoms with E-state index in [0.29, 0.717) is 0 Å². The van der Waals surface area contributed by atoms with Crippen molar-refractivity contribution >= 4 is 21.5 Å². The zero-order chi connectivity index (χ0) is 16.7. The molecular formula is C24H22. The Morgan fingerprint density at radius 1 is 0.542 bits per heavy atom. The van der Waals surface area contributed by atoms with Crippen molar-refractivity contribution < 1.29 is 0 Å². The molecule has 0 aliphatic carbocycles. The molecule has 0 heterocycles. The van der Waals surface area contributed by atoms with E-state index in [2.05, 4.69) is 99.6 Å². The van der Waals surface area contributed by atoms with Gasteiger partial charge < -0.3 is 0 Å². The minimum atomic E-state index is 0.193. The third-order valence-electron chi connectivity index (χ3n) is 4.83. The minimum Gasteiger partial charge on any atom is -0.0616 e. The number of rotatable bonds is 1. The molecule has 0 aromatic heterocycles. The van der Waals surface area contributed by atoms with Crippen LogP contribution in [0, 0.1) is 0 Å². The summed E-state index contributed by atoms with van der Waals surface area (Å²) in [5.41, 5.74) is 4.12. The van der Waals surface area contributed by atoms with Gasteiger partial charge in [-0.2, -0.15) is 0 Å². The first-order valence-electron chi connectivity index (χ1n) is 8.55. The van der Waals surface area contributed by atoms with Crippen LogP contribution in [0.15, 0.2) is 78.9 Å². The van der Waals surface area contributed by atoms with E-state index in [4.69, 9.17) is 0 Å². The van der Waals surface area contributed by atoms with Gasteiger partial charge in [-0.05, 0) is 49.7 Å². The first-order chi connectivity index (χ1) is 11.5. The monoisotopic (exact) mass is 310 g/mol. The Morgan fingerprint density at radius 2 is 1.12 bits per heavy atom. The smallest absolute Gasteiger partial charge is 0.00992 e. The number of benzene rings is 4. The Morgan fingerprint density at radius 3 is 1.83 bits per heavy atom. The van der Waals surface area contributed by atoms with Gasteiger partial charge in [-0.25, -0.2) is 0 Å². The van der Waals surface area contributed by atoms with Gasteiger partial charge >= 0.3 is 0 Å². The van der Waals surface area contributed by atoms with Crippen molar-refractivity contribution in [1.29, 1.82) is 0 Å². The van der Waals surface area contributed by atoms with E-state index in [1.807, 2.05) is 0 Å². The van der Waals surface area contributed by atoms with Crippen molar-refractivity contribution in [2.75, 3.05) is 0 Å². The molecule has 0 unspecified atom stereocenters. The van der Waals surface area contributed by atoms with E-state index in [0.717, 1.165) is 0 Å². The standard InChI is InChI=1S/C24H22/c1-24(2,3)21-14-12-17(13-15-21)20-11-10-19-9-8-18-6-4-5-7-22(18)23(19)16-20/h4-16H,1-3H3. The average molecular weight is 310 g/mol. The molecule has 0 nitrogen and oxygen atoms in total. The van der Waals surface area contributed by atoms with E-state index in [1.54, 1.807) is 0 Å². The zero-order valence-corrected chi connectivity index (χ0v) is 14.5. The van der Waals surface area contributed by atoms with Gasteiger partial charge in [-0.1, -0.05) is 93.6 Å². The third kappa shape index (κ3) is 2.59. The minimum absolute atomic E-state index is 0.193. The van der Waals surface area contributed by atoms with Crippen molar-refractivity contribution in [2.24, 2.45) is 0 Å². The number of fused-ring (bicyclic) bond motifs is 3. The van der Waals surface area contributed by atoms with E-state index in [1.165, 1.54) is 38.2 Å². The van der Waals surface area contributed by atoms with Gasteiger partial charge in [0.15, 0.2) is 0 Å². The van der Waals surface area contributed by atoms with Crippen LogP contribution < -0.4 is 0 Å². The van der Waals surface area contributed by atoms with Crippen molar-refractivity contribution in [3.05, 3.63) is 84.4 Å². The molecule has 0 saturated heterocycles. The van der Waals surface area contributed by atoms with Crippen LogP contribution in [0.1, 0.15) is 26.3 Å². The summed E-state index contributed by atoms with van der Waals surface area (Å²) in [6.45, 7) is 6.76. The molecular weight excluding hydrogens is 288 g/mol. The largest absolute Gasteiger partial charge is 0.0616 e. The Balaban J connectivity index is 1.86. The summed E-state index contributed by atoms with van der Waals surface area (Å²) in [4.78, 5) is 0. The summed E-state index contributed by atoms with van der Waals surface area (Å²) in [6.07, 6.45) is 0. The molecule has 0 atom stereocenters. The van der Waals surface area contributed by atoms with Crippen LogP contribution in [0.3, 0.4) is 0 Å². The molecule has 0 aliphatic rings. The highest BCUT2D eigenvalue weighted by Crippen LogP contribution is 2.31. The predicted octanol–water partition coefficient (Wildman–Crippen LogP) is 6.96. The van der Waals surface area contributed by atoms with Crippen LogP contribution in [0.2, 0.25) is 0 Å². The fraction of sp³-hybridized carbons (Fsp3) is 0.167. The highest BCUT2D eigenvalue weighted by Gasteiger charge is 2.13. The Labute approximate surface area is 143 Å². The second-order valence-corrected chi connectivity index (χ2v) is 7.55. The van der Waals surface area contributed by atoms with Gasteiger partial charge in [0.1, 0.15) is 0 Å². The van der Waals surface area contributed by atoms with Gasteiger partial charge in [0.2, 0.25) is 0 Å². The lowest BCUT2D eigenvalue weighted by Gasteiger charge is -2.19. The average Bonchev–Trinajstić information content (AvgIpc) is 2.60. The molecule has 0 amide bonds. The number of hydrogen-bond donors (Lipinski definition) is 0. The molecule has 0 saturated carbocycles. The van der Waals surface area contributed by atoms with Crippen LogP contribution in [-0.4, -0.2) is 0 Å². The summed E-state index contributed by atoms with van der Waals surface area (Å²) < 4.78 is 0. The molecule has 118 valence electrons. The molecule has 0 fully saturated rings. The van der Waals surface area contributed by atoms with E-state index in [9.17, 15) is 0 Å². The van der Waals surface area contributed by atoms with Crippen molar-refractivity contribution in [3.8, 4) is 11.1 Å². The van der Waals surface area contributed by atoms with Crippen LogP contribution in [0.4, 0.5) is 0 Å². The van der Waals surface area contributed by atoms with Crippen LogP contribution in [-0.2, 0) is 5.41 Å². The highest BCUT2D eigenvalue weighted by atomic mass is 14.2. The Hall–Kier alpha value is -2.60. The molecule has 24 heavy (non-hydrogen) atoms. The first-order valence-corrected chi connectivity index (χ1v) is 8.55. The van der Waals surface area contributed by atoms with Crippen LogP contribution >= 0.6 is 0 Å². The maximum Gasteiger partial charge on any atom is -0.00992 e. The highest BCUT2D eigenvalue weighted by molar-refractivity contribution is 6.08. The summed E-state index contributed by atoms with van der Waals surface area (Å²) in [5.74, 6) is 0. The summed E-state index contributed by atoms with van der Waals surface area (Å²) in [6, 6.07) is 28.8. The second-order valence-electron chi connectivity index (χ2n) is 7.55. The van der Waals surface area contributed by atoms with Crippen LogP contribution in [0.5, 0.6) is 0 Å². The maximum atomic E-state index is 2.32. The molecule has 0 spiro atoms.